The highest BCUT2D eigenvalue weighted by molar-refractivity contribution is 5.87. The van der Waals surface area contributed by atoms with Gasteiger partial charge in [-0.15, -0.1) is 0 Å². The Balaban J connectivity index is 1.70. The molecule has 6 nitrogen and oxygen atoms in total. The van der Waals surface area contributed by atoms with E-state index >= 15 is 0 Å². The molecule has 0 radical (unpaired) electrons. The van der Waals surface area contributed by atoms with Crippen LogP contribution in [-0.4, -0.2) is 30.8 Å². The lowest BCUT2D eigenvalue weighted by atomic mass is 10.1. The molecule has 0 unspecified atom stereocenters. The second kappa shape index (κ2) is 6.17. The Kier molecular flexibility index (Phi) is 3.91. The number of rotatable bonds is 5. The molecule has 3 rings (SSSR count). The fraction of sp³-hybridized carbons (Fsp3) is 0.125. The lowest BCUT2D eigenvalue weighted by molar-refractivity contribution is 0.0696. The van der Waals surface area contributed by atoms with E-state index in [1.54, 1.807) is 23.1 Å². The highest BCUT2D eigenvalue weighted by Gasteiger charge is 2.05. The van der Waals surface area contributed by atoms with Crippen LogP contribution in [0.3, 0.4) is 0 Å². The van der Waals surface area contributed by atoms with E-state index in [2.05, 4.69) is 15.1 Å². The van der Waals surface area contributed by atoms with Gasteiger partial charge in [-0.1, -0.05) is 6.07 Å². The van der Waals surface area contributed by atoms with Gasteiger partial charge in [-0.05, 0) is 29.8 Å². The second-order valence-electron chi connectivity index (χ2n) is 4.88. The number of aromatic carboxylic acids is 1. The molecular formula is C16H14N4O2. The summed E-state index contributed by atoms with van der Waals surface area (Å²) in [6.45, 7) is 0.625. The molecule has 110 valence electrons. The van der Waals surface area contributed by atoms with Gasteiger partial charge in [-0.2, -0.15) is 5.10 Å². The first-order valence-electron chi connectivity index (χ1n) is 6.80. The predicted molar refractivity (Wildman–Crippen MR) is 79.6 cm³/mol. The summed E-state index contributed by atoms with van der Waals surface area (Å²) in [5, 5.41) is 13.1. The molecule has 0 bridgehead atoms. The molecule has 6 heteroatoms. The molecular weight excluding hydrogens is 280 g/mol. The third kappa shape index (κ3) is 3.35. The zero-order chi connectivity index (χ0) is 15.4. The summed E-state index contributed by atoms with van der Waals surface area (Å²) >= 11 is 0. The van der Waals surface area contributed by atoms with Crippen LogP contribution in [0.5, 0.6) is 0 Å². The van der Waals surface area contributed by atoms with Crippen molar-refractivity contribution in [2.45, 2.75) is 13.0 Å². The van der Waals surface area contributed by atoms with Crippen molar-refractivity contribution in [1.82, 2.24) is 19.7 Å². The highest BCUT2D eigenvalue weighted by Crippen LogP contribution is 2.09. The minimum atomic E-state index is -0.948. The van der Waals surface area contributed by atoms with Crippen molar-refractivity contribution < 1.29 is 9.90 Å². The van der Waals surface area contributed by atoms with Crippen LogP contribution in [0.25, 0.3) is 0 Å². The van der Waals surface area contributed by atoms with Gasteiger partial charge in [-0.3, -0.25) is 14.6 Å². The zero-order valence-electron chi connectivity index (χ0n) is 11.8. The van der Waals surface area contributed by atoms with Crippen molar-refractivity contribution in [3.8, 4) is 0 Å². The van der Waals surface area contributed by atoms with Crippen LogP contribution >= 0.6 is 0 Å². The van der Waals surface area contributed by atoms with Gasteiger partial charge in [0.1, 0.15) is 0 Å². The van der Waals surface area contributed by atoms with E-state index in [1.807, 2.05) is 24.4 Å². The highest BCUT2D eigenvalue weighted by atomic mass is 16.4. The maximum atomic E-state index is 11.0. The Morgan fingerprint density at radius 1 is 1.14 bits per heavy atom. The van der Waals surface area contributed by atoms with Crippen LogP contribution in [0.2, 0.25) is 0 Å². The van der Waals surface area contributed by atoms with E-state index in [4.69, 9.17) is 5.11 Å². The molecule has 0 saturated carbocycles. The lowest BCUT2D eigenvalue weighted by Crippen LogP contribution is -2.03. The van der Waals surface area contributed by atoms with Crippen LogP contribution in [0, 0.1) is 0 Å². The van der Waals surface area contributed by atoms with Crippen LogP contribution in [0.4, 0.5) is 0 Å². The Bertz CT molecular complexity index is 767. The van der Waals surface area contributed by atoms with Gasteiger partial charge in [0.15, 0.2) is 0 Å². The van der Waals surface area contributed by atoms with Gasteiger partial charge in [-0.25, -0.2) is 4.79 Å². The summed E-state index contributed by atoms with van der Waals surface area (Å²) < 4.78 is 1.81. The summed E-state index contributed by atoms with van der Waals surface area (Å²) in [6, 6.07) is 8.85. The first-order chi connectivity index (χ1) is 10.7. The van der Waals surface area contributed by atoms with E-state index in [0.717, 1.165) is 11.3 Å². The molecule has 0 saturated heterocycles. The molecule has 3 aromatic rings. The van der Waals surface area contributed by atoms with E-state index in [9.17, 15) is 4.79 Å². The largest absolute Gasteiger partial charge is 0.478 e. The maximum Gasteiger partial charge on any atom is 0.335 e. The molecule has 0 atom stereocenters. The Morgan fingerprint density at radius 3 is 2.73 bits per heavy atom. The minimum Gasteiger partial charge on any atom is -0.478 e. The van der Waals surface area contributed by atoms with Crippen molar-refractivity contribution in [1.29, 1.82) is 0 Å². The third-order valence-corrected chi connectivity index (χ3v) is 3.22. The molecule has 3 heterocycles. The predicted octanol–water partition coefficient (Wildman–Crippen LogP) is 2.01. The summed E-state index contributed by atoms with van der Waals surface area (Å²) in [4.78, 5) is 19.6. The van der Waals surface area contributed by atoms with Crippen molar-refractivity contribution in [2.75, 3.05) is 0 Å². The molecule has 0 aliphatic rings. The van der Waals surface area contributed by atoms with Crippen LogP contribution < -0.4 is 0 Å². The van der Waals surface area contributed by atoms with Gasteiger partial charge in [0, 0.05) is 36.9 Å². The Morgan fingerprint density at radius 2 is 2.05 bits per heavy atom. The molecule has 0 amide bonds. The van der Waals surface area contributed by atoms with Gasteiger partial charge in [0.05, 0.1) is 17.8 Å². The molecule has 1 N–H and O–H groups in total. The summed E-state index contributed by atoms with van der Waals surface area (Å²) in [5.41, 5.74) is 2.86. The van der Waals surface area contributed by atoms with E-state index in [0.29, 0.717) is 18.7 Å². The number of hydrogen-bond acceptors (Lipinski definition) is 4. The standard InChI is InChI=1S/C16H14N4O2/c21-16(22)13-4-6-17-15(9-13)8-12-2-3-14(18-10-12)11-20-7-1-5-19-20/h1-7,9-10H,8,11H2,(H,21,22). The number of carboxylic acids is 1. The van der Waals surface area contributed by atoms with Crippen molar-refractivity contribution in [2.24, 2.45) is 0 Å². The number of carboxylic acid groups (broad SMARTS) is 1. The first kappa shape index (κ1) is 13.9. The van der Waals surface area contributed by atoms with Crippen LogP contribution in [0.1, 0.15) is 27.3 Å². The first-order valence-corrected chi connectivity index (χ1v) is 6.80. The average Bonchev–Trinajstić information content (AvgIpc) is 3.02. The zero-order valence-corrected chi connectivity index (χ0v) is 11.8. The number of nitrogens with zero attached hydrogens (tertiary/aromatic N) is 4. The Labute approximate surface area is 127 Å². The monoisotopic (exact) mass is 294 g/mol. The van der Waals surface area contributed by atoms with E-state index in [1.165, 1.54) is 12.3 Å². The fourth-order valence-electron chi connectivity index (χ4n) is 2.13. The maximum absolute atomic E-state index is 11.0. The summed E-state index contributed by atoms with van der Waals surface area (Å²) in [5.74, 6) is -0.948. The normalized spacial score (nSPS) is 10.5. The molecule has 0 aliphatic carbocycles. The van der Waals surface area contributed by atoms with Crippen LogP contribution in [0.15, 0.2) is 55.1 Å². The number of hydrogen-bond donors (Lipinski definition) is 1. The summed E-state index contributed by atoms with van der Waals surface area (Å²) in [7, 11) is 0. The third-order valence-electron chi connectivity index (χ3n) is 3.22. The van der Waals surface area contributed by atoms with Gasteiger partial charge >= 0.3 is 5.97 Å². The average molecular weight is 294 g/mol. The number of aromatic nitrogens is 4. The van der Waals surface area contributed by atoms with Crippen molar-refractivity contribution in [3.05, 3.63) is 77.6 Å². The molecule has 22 heavy (non-hydrogen) atoms. The van der Waals surface area contributed by atoms with Crippen molar-refractivity contribution >= 4 is 5.97 Å². The number of carbonyl (C=O) groups is 1. The quantitative estimate of drug-likeness (QED) is 0.778. The smallest absolute Gasteiger partial charge is 0.335 e. The lowest BCUT2D eigenvalue weighted by Gasteiger charge is -2.04. The molecule has 3 aromatic heterocycles. The molecule has 0 aromatic carbocycles. The number of pyridine rings is 2. The molecule has 0 fully saturated rings. The fourth-order valence-corrected chi connectivity index (χ4v) is 2.13. The van der Waals surface area contributed by atoms with Gasteiger partial charge < -0.3 is 5.11 Å². The van der Waals surface area contributed by atoms with E-state index in [-0.39, 0.29) is 5.56 Å². The van der Waals surface area contributed by atoms with E-state index < -0.39 is 5.97 Å². The SMILES string of the molecule is O=C(O)c1ccnc(Cc2ccc(Cn3cccn3)nc2)c1. The topological polar surface area (TPSA) is 80.9 Å². The molecule has 0 aliphatic heterocycles. The summed E-state index contributed by atoms with van der Waals surface area (Å²) in [6.07, 6.45) is 7.47. The van der Waals surface area contributed by atoms with Crippen molar-refractivity contribution in [3.63, 3.8) is 0 Å². The second-order valence-corrected chi connectivity index (χ2v) is 4.88. The van der Waals surface area contributed by atoms with Crippen LogP contribution in [-0.2, 0) is 13.0 Å². The minimum absolute atomic E-state index is 0.244. The van der Waals surface area contributed by atoms with Gasteiger partial charge in [0.25, 0.3) is 0 Å². The molecule has 0 spiro atoms. The van der Waals surface area contributed by atoms with Gasteiger partial charge in [0.2, 0.25) is 0 Å². The Hall–Kier alpha value is -3.02.